The highest BCUT2D eigenvalue weighted by molar-refractivity contribution is 6.50. The second kappa shape index (κ2) is 6.39. The van der Waals surface area contributed by atoms with Crippen molar-refractivity contribution in [2.45, 2.75) is 19.8 Å². The van der Waals surface area contributed by atoms with Crippen LogP contribution in [0.2, 0.25) is 0 Å². The van der Waals surface area contributed by atoms with Gasteiger partial charge in [0.05, 0.1) is 0 Å². The van der Waals surface area contributed by atoms with Gasteiger partial charge in [-0.25, -0.2) is 0 Å². The largest absolute Gasteiger partial charge is 0.351 e. The first kappa shape index (κ1) is 15.5. The van der Waals surface area contributed by atoms with Crippen LogP contribution in [0.15, 0.2) is 59.3 Å². The first-order chi connectivity index (χ1) is 11.1. The van der Waals surface area contributed by atoms with Gasteiger partial charge in [0.2, 0.25) is 11.6 Å². The molecule has 0 saturated heterocycles. The molecule has 2 aromatic carbocycles. The molecular weight excluding hydrogens is 310 g/mol. The number of halogens is 1. The Hall–Kier alpha value is -2.39. The molecule has 116 valence electrons. The SMILES string of the molecule is CCCc1ccc(NC2=C(Cl)C(=O)c3ccccc3C2=O)cc1. The van der Waals surface area contributed by atoms with E-state index in [-0.39, 0.29) is 22.3 Å². The Kier molecular flexibility index (Phi) is 4.30. The summed E-state index contributed by atoms with van der Waals surface area (Å²) in [4.78, 5) is 24.9. The van der Waals surface area contributed by atoms with Crippen molar-refractivity contribution in [3.05, 3.63) is 76.0 Å². The monoisotopic (exact) mass is 325 g/mol. The maximum atomic E-state index is 12.6. The van der Waals surface area contributed by atoms with Crippen LogP contribution in [-0.4, -0.2) is 11.6 Å². The molecule has 0 fully saturated rings. The fourth-order valence-corrected chi connectivity index (χ4v) is 2.88. The van der Waals surface area contributed by atoms with Gasteiger partial charge in [-0.3, -0.25) is 9.59 Å². The molecule has 3 rings (SSSR count). The molecule has 0 saturated carbocycles. The zero-order valence-corrected chi connectivity index (χ0v) is 13.5. The first-order valence-corrected chi connectivity index (χ1v) is 7.93. The van der Waals surface area contributed by atoms with Gasteiger partial charge in [0.25, 0.3) is 0 Å². The molecule has 1 N–H and O–H groups in total. The Labute approximate surface area is 140 Å². The summed E-state index contributed by atoms with van der Waals surface area (Å²) in [5, 5.41) is 2.93. The third kappa shape index (κ3) is 2.92. The Bertz CT molecular complexity index is 806. The number of ketones is 2. The molecule has 0 heterocycles. The molecule has 1 aliphatic rings. The molecule has 0 spiro atoms. The number of carbonyl (C=O) groups is 2. The van der Waals surface area contributed by atoms with Crippen molar-refractivity contribution in [2.24, 2.45) is 0 Å². The number of hydrogen-bond acceptors (Lipinski definition) is 3. The van der Waals surface area contributed by atoms with E-state index in [1.807, 2.05) is 24.3 Å². The summed E-state index contributed by atoms with van der Waals surface area (Å²) in [6.07, 6.45) is 2.09. The Morgan fingerprint density at radius 1 is 0.913 bits per heavy atom. The number of hydrogen-bond donors (Lipinski definition) is 1. The summed E-state index contributed by atoms with van der Waals surface area (Å²) >= 11 is 6.13. The molecule has 0 radical (unpaired) electrons. The van der Waals surface area contributed by atoms with Crippen molar-refractivity contribution in [1.82, 2.24) is 0 Å². The quantitative estimate of drug-likeness (QED) is 0.895. The van der Waals surface area contributed by atoms with Crippen LogP contribution in [0.1, 0.15) is 39.6 Å². The maximum Gasteiger partial charge on any atom is 0.211 e. The van der Waals surface area contributed by atoms with Gasteiger partial charge >= 0.3 is 0 Å². The van der Waals surface area contributed by atoms with Gasteiger partial charge in [0.1, 0.15) is 10.7 Å². The highest BCUT2D eigenvalue weighted by atomic mass is 35.5. The molecule has 4 heteroatoms. The lowest BCUT2D eigenvalue weighted by Gasteiger charge is -2.19. The maximum absolute atomic E-state index is 12.6. The lowest BCUT2D eigenvalue weighted by molar-refractivity contribution is 0.0982. The number of rotatable bonds is 4. The molecule has 1 aliphatic carbocycles. The predicted molar refractivity (Wildman–Crippen MR) is 92.0 cm³/mol. The lowest BCUT2D eigenvalue weighted by atomic mass is 9.92. The summed E-state index contributed by atoms with van der Waals surface area (Å²) in [6.45, 7) is 2.13. The van der Waals surface area contributed by atoms with Gasteiger partial charge < -0.3 is 5.32 Å². The van der Waals surface area contributed by atoms with E-state index in [1.165, 1.54) is 5.56 Å². The number of aryl methyl sites for hydroxylation is 1. The zero-order valence-electron chi connectivity index (χ0n) is 12.7. The molecule has 0 aliphatic heterocycles. The number of anilines is 1. The van der Waals surface area contributed by atoms with E-state index in [4.69, 9.17) is 11.6 Å². The summed E-state index contributed by atoms with van der Waals surface area (Å²) in [6, 6.07) is 14.5. The van der Waals surface area contributed by atoms with E-state index in [1.54, 1.807) is 24.3 Å². The number of benzene rings is 2. The molecule has 0 aromatic heterocycles. The van der Waals surface area contributed by atoms with Gasteiger partial charge in [-0.1, -0.05) is 61.3 Å². The minimum atomic E-state index is -0.327. The van der Waals surface area contributed by atoms with E-state index in [9.17, 15) is 9.59 Å². The van der Waals surface area contributed by atoms with E-state index in [0.717, 1.165) is 18.5 Å². The smallest absolute Gasteiger partial charge is 0.211 e. The average Bonchev–Trinajstić information content (AvgIpc) is 2.58. The Morgan fingerprint density at radius 3 is 2.13 bits per heavy atom. The van der Waals surface area contributed by atoms with Crippen LogP contribution in [0.3, 0.4) is 0 Å². The number of fused-ring (bicyclic) bond motifs is 1. The van der Waals surface area contributed by atoms with Crippen LogP contribution in [0, 0.1) is 0 Å². The van der Waals surface area contributed by atoms with E-state index < -0.39 is 0 Å². The summed E-state index contributed by atoms with van der Waals surface area (Å²) in [7, 11) is 0. The van der Waals surface area contributed by atoms with Gasteiger partial charge in [-0.2, -0.15) is 0 Å². The zero-order chi connectivity index (χ0) is 16.4. The van der Waals surface area contributed by atoms with Crippen LogP contribution in [0.5, 0.6) is 0 Å². The highest BCUT2D eigenvalue weighted by Gasteiger charge is 2.31. The number of Topliss-reactive ketones (excluding diaryl/α,β-unsaturated/α-hetero) is 2. The molecule has 0 unspecified atom stereocenters. The van der Waals surface area contributed by atoms with Crippen molar-refractivity contribution in [3.8, 4) is 0 Å². The molecule has 0 atom stereocenters. The Morgan fingerprint density at radius 2 is 1.52 bits per heavy atom. The van der Waals surface area contributed by atoms with Gasteiger partial charge in [0, 0.05) is 16.8 Å². The molecule has 2 aromatic rings. The van der Waals surface area contributed by atoms with Crippen molar-refractivity contribution in [3.63, 3.8) is 0 Å². The topological polar surface area (TPSA) is 46.2 Å². The van der Waals surface area contributed by atoms with Crippen LogP contribution in [0.4, 0.5) is 5.69 Å². The molecule has 0 amide bonds. The minimum Gasteiger partial charge on any atom is -0.351 e. The second-order valence-electron chi connectivity index (χ2n) is 5.46. The van der Waals surface area contributed by atoms with E-state index in [2.05, 4.69) is 12.2 Å². The van der Waals surface area contributed by atoms with Crippen LogP contribution in [-0.2, 0) is 6.42 Å². The summed E-state index contributed by atoms with van der Waals surface area (Å²) < 4.78 is 0. The van der Waals surface area contributed by atoms with Gasteiger partial charge in [-0.15, -0.1) is 0 Å². The number of carbonyl (C=O) groups excluding carboxylic acids is 2. The van der Waals surface area contributed by atoms with E-state index >= 15 is 0 Å². The molecule has 0 bridgehead atoms. The number of nitrogens with one attached hydrogen (secondary N) is 1. The van der Waals surface area contributed by atoms with Crippen LogP contribution >= 0.6 is 11.6 Å². The average molecular weight is 326 g/mol. The fourth-order valence-electron chi connectivity index (χ4n) is 2.64. The second-order valence-corrected chi connectivity index (χ2v) is 5.84. The third-order valence-corrected chi connectivity index (χ3v) is 4.18. The minimum absolute atomic E-state index is 0.0636. The van der Waals surface area contributed by atoms with Crippen LogP contribution in [0.25, 0.3) is 0 Å². The van der Waals surface area contributed by atoms with Gasteiger partial charge in [0.15, 0.2) is 0 Å². The summed E-state index contributed by atoms with van der Waals surface area (Å²) in [5.41, 5.74) is 2.84. The fraction of sp³-hybridized carbons (Fsp3) is 0.158. The van der Waals surface area contributed by atoms with E-state index in [0.29, 0.717) is 11.1 Å². The predicted octanol–water partition coefficient (Wildman–Crippen LogP) is 4.58. The van der Waals surface area contributed by atoms with Crippen molar-refractivity contribution >= 4 is 28.9 Å². The first-order valence-electron chi connectivity index (χ1n) is 7.56. The Balaban J connectivity index is 1.92. The van der Waals surface area contributed by atoms with Crippen LogP contribution < -0.4 is 5.32 Å². The molecule has 23 heavy (non-hydrogen) atoms. The van der Waals surface area contributed by atoms with Crippen molar-refractivity contribution in [1.29, 1.82) is 0 Å². The third-order valence-electron chi connectivity index (χ3n) is 3.82. The normalized spacial score (nSPS) is 14.0. The highest BCUT2D eigenvalue weighted by Crippen LogP contribution is 2.29. The molecule has 3 nitrogen and oxygen atoms in total. The standard InChI is InChI=1S/C19H16ClNO2/c1-2-5-12-8-10-13(11-9-12)21-17-16(20)18(22)14-6-3-4-7-15(14)19(17)23/h3-4,6-11,21H,2,5H2,1H3. The lowest BCUT2D eigenvalue weighted by Crippen LogP contribution is -2.24. The number of allylic oxidation sites excluding steroid dienone is 2. The van der Waals surface area contributed by atoms with Crippen molar-refractivity contribution < 1.29 is 9.59 Å². The van der Waals surface area contributed by atoms with Gasteiger partial charge in [-0.05, 0) is 24.1 Å². The molecular formula is C19H16ClNO2. The van der Waals surface area contributed by atoms with Crippen molar-refractivity contribution in [2.75, 3.05) is 5.32 Å². The summed E-state index contributed by atoms with van der Waals surface area (Å²) in [5.74, 6) is -0.588.